The number of hydrogen-bond donors (Lipinski definition) is 8. The van der Waals surface area contributed by atoms with Crippen molar-refractivity contribution in [3.05, 3.63) is 0 Å². The summed E-state index contributed by atoms with van der Waals surface area (Å²) in [7, 11) is 0. The molecule has 0 spiro atoms. The van der Waals surface area contributed by atoms with Crippen molar-refractivity contribution >= 4 is 25.6 Å². The van der Waals surface area contributed by atoms with E-state index in [4.69, 9.17) is 9.05 Å². The van der Waals surface area contributed by atoms with Crippen LogP contribution in [0.2, 0.25) is 0 Å². The molecule has 0 heterocycles. The van der Waals surface area contributed by atoms with E-state index >= 15 is 0 Å². The van der Waals surface area contributed by atoms with Gasteiger partial charge in [-0.2, -0.15) is 0 Å². The summed E-state index contributed by atoms with van der Waals surface area (Å²) < 4.78 is 10.5. The zero-order valence-corrected chi connectivity index (χ0v) is 21.5. The second-order valence-corrected chi connectivity index (χ2v) is 20.1. The average molecular weight is 510 g/mol. The van der Waals surface area contributed by atoms with Crippen molar-refractivity contribution in [1.82, 2.24) is 0 Å². The van der Waals surface area contributed by atoms with Gasteiger partial charge in [-0.1, -0.05) is 0 Å². The number of carbonyl (C=O) groups excluding carboxylic acids is 2. The van der Waals surface area contributed by atoms with Gasteiger partial charge in [0.2, 0.25) is 0 Å². The van der Waals surface area contributed by atoms with E-state index in [9.17, 15) is 50.4 Å². The molecule has 0 fully saturated rings. The first kappa shape index (κ1) is 31.5. The van der Waals surface area contributed by atoms with Gasteiger partial charge in [0.25, 0.3) is 0 Å². The first-order valence-electron chi connectivity index (χ1n) is 10.2. The van der Waals surface area contributed by atoms with E-state index in [0.717, 1.165) is 55.4 Å². The van der Waals surface area contributed by atoms with E-state index in [1.165, 1.54) is 0 Å². The first-order chi connectivity index (χ1) is 14.2. The Labute approximate surface area is 187 Å². The van der Waals surface area contributed by atoms with Crippen LogP contribution in [0.25, 0.3) is 0 Å². The number of hydrogen-bond acceptors (Lipinski definition) is 12. The summed E-state index contributed by atoms with van der Waals surface area (Å²) in [4.78, 5) is 25.8. The van der Waals surface area contributed by atoms with Gasteiger partial charge < -0.3 is 0 Å². The molecular formula is C18H40O12P2. The molecule has 32 heavy (non-hydrogen) atoms. The van der Waals surface area contributed by atoms with Crippen LogP contribution in [0.4, 0.5) is 0 Å². The molecule has 8 N–H and O–H groups in total. The molecule has 194 valence electrons. The van der Waals surface area contributed by atoms with Gasteiger partial charge in [-0.15, -0.1) is 0 Å². The molecule has 12 nitrogen and oxygen atoms in total. The number of rotatable bonds is 10. The standard InChI is InChI=1S/C18H40O12P2/c1-9(19)31(10(2)20,11(3)21,12(4)22)29-17(27)18(28)30-32(13(5)23,14(6)24,15(7)25)16(8)26/h9-16,19-26H,1-8H3. The van der Waals surface area contributed by atoms with Crippen LogP contribution in [0.15, 0.2) is 0 Å². The molecule has 8 atom stereocenters. The predicted molar refractivity (Wildman–Crippen MR) is 119 cm³/mol. The Hall–Kier alpha value is -0.520. The van der Waals surface area contributed by atoms with E-state index in [1.807, 2.05) is 0 Å². The van der Waals surface area contributed by atoms with Gasteiger partial charge >= 0.3 is 187 Å². The summed E-state index contributed by atoms with van der Waals surface area (Å²) in [5, 5.41) is 83.9. The predicted octanol–water partition coefficient (Wildman–Crippen LogP) is -0.284. The van der Waals surface area contributed by atoms with Crippen molar-refractivity contribution < 1.29 is 59.5 Å². The van der Waals surface area contributed by atoms with E-state index in [1.54, 1.807) is 0 Å². The van der Waals surface area contributed by atoms with Gasteiger partial charge in [0.15, 0.2) is 0 Å². The first-order valence-corrected chi connectivity index (χ1v) is 15.0. The molecule has 0 amide bonds. The summed E-state index contributed by atoms with van der Waals surface area (Å²) in [6.45, 7) is -1.77. The second-order valence-electron chi connectivity index (χ2n) is 8.44. The molecular weight excluding hydrogens is 470 g/mol. The average Bonchev–Trinajstić information content (AvgIpc) is 2.61. The van der Waals surface area contributed by atoms with Crippen LogP contribution in [0.1, 0.15) is 55.4 Å². The fourth-order valence-corrected chi connectivity index (χ4v) is 14.4. The monoisotopic (exact) mass is 510 g/mol. The Morgan fingerprint density at radius 3 is 0.656 bits per heavy atom. The Bertz CT molecular complexity index is 542. The Kier molecular flexibility index (Phi) is 9.83. The molecule has 0 aliphatic heterocycles. The molecule has 0 aliphatic rings. The maximum absolute atomic E-state index is 12.9. The van der Waals surface area contributed by atoms with Crippen molar-refractivity contribution in [1.29, 1.82) is 0 Å². The summed E-state index contributed by atoms with van der Waals surface area (Å²) in [6.07, 6.45) is 0. The molecule has 0 saturated carbocycles. The van der Waals surface area contributed by atoms with Crippen LogP contribution >= 0.6 is 13.7 Å². The summed E-state index contributed by atoms with van der Waals surface area (Å²) in [5.74, 6) is -18.1. The van der Waals surface area contributed by atoms with Gasteiger partial charge in [0.1, 0.15) is 0 Å². The third-order valence-electron chi connectivity index (χ3n) is 7.15. The topological polar surface area (TPSA) is 214 Å². The molecule has 0 aromatic rings. The fourth-order valence-electron chi connectivity index (χ4n) is 4.81. The summed E-state index contributed by atoms with van der Waals surface area (Å²) in [5.41, 5.74) is 0. The van der Waals surface area contributed by atoms with Crippen molar-refractivity contribution in [2.75, 3.05) is 0 Å². The van der Waals surface area contributed by atoms with E-state index in [0.29, 0.717) is 0 Å². The quantitative estimate of drug-likeness (QED) is 0.141. The molecule has 0 aliphatic carbocycles. The minimum absolute atomic E-state index is 1.07. The van der Waals surface area contributed by atoms with Crippen LogP contribution in [0.3, 0.4) is 0 Å². The van der Waals surface area contributed by atoms with Crippen molar-refractivity contribution in [3.8, 4) is 0 Å². The zero-order valence-electron chi connectivity index (χ0n) is 19.7. The Morgan fingerprint density at radius 1 is 0.438 bits per heavy atom. The zero-order chi connectivity index (χ0) is 26.1. The molecule has 0 radical (unpaired) electrons. The van der Waals surface area contributed by atoms with Crippen LogP contribution in [-0.4, -0.2) is 99.6 Å². The van der Waals surface area contributed by atoms with Gasteiger partial charge in [-0.05, 0) is 0 Å². The van der Waals surface area contributed by atoms with Crippen molar-refractivity contribution in [2.24, 2.45) is 0 Å². The molecule has 0 rings (SSSR count). The minimum atomic E-state index is -5.16. The van der Waals surface area contributed by atoms with Gasteiger partial charge in [0, 0.05) is 0 Å². The van der Waals surface area contributed by atoms with Gasteiger partial charge in [-0.3, -0.25) is 0 Å². The van der Waals surface area contributed by atoms with Crippen molar-refractivity contribution in [3.63, 3.8) is 0 Å². The molecule has 0 aromatic carbocycles. The number of aliphatic hydroxyl groups excluding tert-OH is 8. The molecule has 0 saturated heterocycles. The molecule has 0 aromatic heterocycles. The van der Waals surface area contributed by atoms with Gasteiger partial charge in [-0.25, -0.2) is 0 Å². The Morgan fingerprint density at radius 2 is 0.562 bits per heavy atom. The van der Waals surface area contributed by atoms with Crippen LogP contribution in [-0.2, 0) is 18.6 Å². The third-order valence-corrected chi connectivity index (χ3v) is 21.1. The Balaban J connectivity index is 6.81. The third kappa shape index (κ3) is 3.79. The molecule has 14 heteroatoms. The van der Waals surface area contributed by atoms with Crippen LogP contribution < -0.4 is 0 Å². The van der Waals surface area contributed by atoms with E-state index in [-0.39, 0.29) is 0 Å². The van der Waals surface area contributed by atoms with Crippen LogP contribution in [0.5, 0.6) is 0 Å². The second kappa shape index (κ2) is 10.00. The van der Waals surface area contributed by atoms with E-state index in [2.05, 4.69) is 0 Å². The van der Waals surface area contributed by atoms with E-state index < -0.39 is 72.4 Å². The number of carbonyl (C=O) groups is 2. The summed E-state index contributed by atoms with van der Waals surface area (Å²) in [6, 6.07) is 0. The summed E-state index contributed by atoms with van der Waals surface area (Å²) >= 11 is 0. The SMILES string of the molecule is CC(O)P(OC(=O)C(=O)OP(C(C)O)(C(C)O)(C(C)O)C(C)O)(C(C)O)(C(C)O)C(C)O. The normalized spacial score (nSPS) is 23.0. The molecule has 8 unspecified atom stereocenters. The number of aliphatic hydroxyl groups is 8. The maximum atomic E-state index is 12.9. The van der Waals surface area contributed by atoms with Crippen molar-refractivity contribution in [2.45, 2.75) is 102 Å². The van der Waals surface area contributed by atoms with Crippen LogP contribution in [0, 0.1) is 0 Å². The molecule has 0 bridgehead atoms. The fraction of sp³-hybridized carbons (Fsp3) is 0.889. The van der Waals surface area contributed by atoms with Gasteiger partial charge in [0.05, 0.1) is 0 Å².